The number of nitrogens with zero attached hydrogens (tertiary/aromatic N) is 4. The number of carbonyl (C=O) groups excluding carboxylic acids is 1. The van der Waals surface area contributed by atoms with Crippen LogP contribution in [0.25, 0.3) is 10.2 Å². The highest BCUT2D eigenvalue weighted by Gasteiger charge is 2.42. The lowest BCUT2D eigenvalue weighted by Crippen LogP contribution is -2.47. The van der Waals surface area contributed by atoms with E-state index in [2.05, 4.69) is 9.97 Å². The average molecular weight is 543 g/mol. The van der Waals surface area contributed by atoms with Crippen LogP contribution in [0.2, 0.25) is 5.02 Å². The van der Waals surface area contributed by atoms with Gasteiger partial charge in [-0.1, -0.05) is 35.1 Å². The molecule has 5 rings (SSSR count). The Morgan fingerprint density at radius 1 is 1.17 bits per heavy atom. The molecule has 1 atom stereocenters. The third-order valence-corrected chi connectivity index (χ3v) is 9.33. The zero-order chi connectivity index (χ0) is 25.3. The second-order valence-corrected chi connectivity index (χ2v) is 11.6. The van der Waals surface area contributed by atoms with E-state index in [1.807, 2.05) is 24.3 Å². The fourth-order valence-corrected chi connectivity index (χ4v) is 7.17. The number of anilines is 1. The Morgan fingerprint density at radius 2 is 1.97 bits per heavy atom. The number of amides is 1. The summed E-state index contributed by atoms with van der Waals surface area (Å²) < 4.78 is 34.3. The third kappa shape index (κ3) is 4.69. The van der Waals surface area contributed by atoms with E-state index in [-0.39, 0.29) is 23.9 Å². The number of sulfonamides is 1. The first kappa shape index (κ1) is 24.6. The molecule has 186 valence electrons. The molecule has 11 heteroatoms. The van der Waals surface area contributed by atoms with Gasteiger partial charge in [0.1, 0.15) is 17.3 Å². The molecule has 1 amide bonds. The van der Waals surface area contributed by atoms with Crippen LogP contribution < -0.4 is 9.64 Å². The molecular weight excluding hydrogens is 520 g/mol. The highest BCUT2D eigenvalue weighted by Crippen LogP contribution is 2.35. The summed E-state index contributed by atoms with van der Waals surface area (Å²) in [4.78, 5) is 24.7. The number of para-hydroxylation sites is 1. The predicted molar refractivity (Wildman–Crippen MR) is 140 cm³/mol. The van der Waals surface area contributed by atoms with E-state index in [4.69, 9.17) is 16.3 Å². The Bertz CT molecular complexity index is 1490. The number of benzene rings is 2. The fraction of sp³-hybridized carbons (Fsp3) is 0.240. The molecule has 3 heterocycles. The summed E-state index contributed by atoms with van der Waals surface area (Å²) in [5, 5.41) is 0.937. The van der Waals surface area contributed by atoms with Gasteiger partial charge in [0.2, 0.25) is 15.9 Å². The molecule has 1 aliphatic heterocycles. The van der Waals surface area contributed by atoms with E-state index in [1.54, 1.807) is 30.5 Å². The molecule has 1 saturated heterocycles. The van der Waals surface area contributed by atoms with Crippen molar-refractivity contribution in [3.63, 3.8) is 0 Å². The first-order chi connectivity index (χ1) is 17.4. The number of thiazole rings is 1. The molecule has 0 bridgehead atoms. The maximum atomic E-state index is 14.0. The molecule has 36 heavy (non-hydrogen) atoms. The molecule has 2 aromatic carbocycles. The minimum Gasteiger partial charge on any atom is -0.497 e. The molecule has 0 aliphatic carbocycles. The second kappa shape index (κ2) is 10.1. The smallest absolute Gasteiger partial charge is 0.247 e. The summed E-state index contributed by atoms with van der Waals surface area (Å²) >= 11 is 7.68. The van der Waals surface area contributed by atoms with Crippen molar-refractivity contribution in [2.75, 3.05) is 18.6 Å². The lowest BCUT2D eigenvalue weighted by Gasteiger charge is -2.28. The van der Waals surface area contributed by atoms with Crippen molar-refractivity contribution in [2.45, 2.75) is 30.3 Å². The van der Waals surface area contributed by atoms with Crippen LogP contribution in [0.4, 0.5) is 5.13 Å². The van der Waals surface area contributed by atoms with Gasteiger partial charge < -0.3 is 4.74 Å². The highest BCUT2D eigenvalue weighted by atomic mass is 35.5. The normalized spacial score (nSPS) is 16.3. The number of pyridine rings is 1. The van der Waals surface area contributed by atoms with E-state index >= 15 is 0 Å². The van der Waals surface area contributed by atoms with Crippen molar-refractivity contribution in [3.05, 3.63) is 77.6 Å². The second-order valence-electron chi connectivity index (χ2n) is 8.28. The van der Waals surface area contributed by atoms with Crippen molar-refractivity contribution in [1.29, 1.82) is 0 Å². The number of rotatable bonds is 7. The van der Waals surface area contributed by atoms with Gasteiger partial charge in [-0.15, -0.1) is 0 Å². The lowest BCUT2D eigenvalue weighted by molar-refractivity contribution is -0.121. The number of halogens is 1. The van der Waals surface area contributed by atoms with Crippen LogP contribution >= 0.6 is 22.9 Å². The van der Waals surface area contributed by atoms with Gasteiger partial charge in [-0.05, 0) is 61.4 Å². The molecule has 8 nitrogen and oxygen atoms in total. The van der Waals surface area contributed by atoms with Gasteiger partial charge in [-0.3, -0.25) is 14.7 Å². The van der Waals surface area contributed by atoms with Gasteiger partial charge in [0.25, 0.3) is 0 Å². The van der Waals surface area contributed by atoms with Gasteiger partial charge >= 0.3 is 0 Å². The largest absolute Gasteiger partial charge is 0.497 e. The Hall–Kier alpha value is -3.05. The van der Waals surface area contributed by atoms with Crippen LogP contribution in [0.15, 0.2) is 71.8 Å². The monoisotopic (exact) mass is 542 g/mol. The van der Waals surface area contributed by atoms with Crippen LogP contribution in [0, 0.1) is 0 Å². The molecule has 1 aliphatic rings. The van der Waals surface area contributed by atoms with Crippen LogP contribution in [0.3, 0.4) is 0 Å². The topological polar surface area (TPSA) is 92.7 Å². The van der Waals surface area contributed by atoms with Gasteiger partial charge in [0.05, 0.1) is 34.0 Å². The SMILES string of the molecule is COc1ccc(S(=O)(=O)N2CCCC2C(=O)N(Cc2ccccn2)c2nc3c(Cl)cccc3s2)cc1. The van der Waals surface area contributed by atoms with Crippen molar-refractivity contribution in [2.24, 2.45) is 0 Å². The lowest BCUT2D eigenvalue weighted by atomic mass is 10.2. The quantitative estimate of drug-likeness (QED) is 0.335. The number of fused-ring (bicyclic) bond motifs is 1. The van der Waals surface area contributed by atoms with E-state index in [0.29, 0.717) is 40.0 Å². The molecule has 0 saturated carbocycles. The number of hydrogen-bond donors (Lipinski definition) is 0. The first-order valence-corrected chi connectivity index (χ1v) is 13.9. The van der Waals surface area contributed by atoms with Crippen molar-refractivity contribution < 1.29 is 17.9 Å². The highest BCUT2D eigenvalue weighted by molar-refractivity contribution is 7.89. The Balaban J connectivity index is 1.51. The van der Waals surface area contributed by atoms with E-state index < -0.39 is 16.1 Å². The minimum absolute atomic E-state index is 0.117. The molecule has 1 fully saturated rings. The van der Waals surface area contributed by atoms with Gasteiger partial charge in [0.15, 0.2) is 5.13 Å². The number of ether oxygens (including phenoxy) is 1. The van der Waals surface area contributed by atoms with Gasteiger partial charge in [-0.25, -0.2) is 13.4 Å². The molecular formula is C25H23ClN4O4S2. The molecule has 1 unspecified atom stereocenters. The Labute approximate surface area is 218 Å². The van der Waals surface area contributed by atoms with Crippen molar-refractivity contribution in [3.8, 4) is 5.75 Å². The molecule has 0 N–H and O–H groups in total. The van der Waals surface area contributed by atoms with Crippen LogP contribution in [-0.2, 0) is 21.4 Å². The first-order valence-electron chi connectivity index (χ1n) is 11.3. The van der Waals surface area contributed by atoms with E-state index in [1.165, 1.54) is 39.8 Å². The summed E-state index contributed by atoms with van der Waals surface area (Å²) in [5.41, 5.74) is 1.27. The maximum Gasteiger partial charge on any atom is 0.247 e. The third-order valence-electron chi connectivity index (χ3n) is 6.06. The Morgan fingerprint density at radius 3 is 2.67 bits per heavy atom. The van der Waals surface area contributed by atoms with E-state index in [9.17, 15) is 13.2 Å². The summed E-state index contributed by atoms with van der Waals surface area (Å²) in [6.07, 6.45) is 2.65. The number of hydrogen-bond acceptors (Lipinski definition) is 7. The zero-order valence-corrected chi connectivity index (χ0v) is 21.8. The summed E-state index contributed by atoms with van der Waals surface area (Å²) in [6, 6.07) is 16.3. The number of methoxy groups -OCH3 is 1. The molecule has 4 aromatic rings. The van der Waals surface area contributed by atoms with E-state index in [0.717, 1.165) is 4.70 Å². The van der Waals surface area contributed by atoms with Gasteiger partial charge in [0, 0.05) is 12.7 Å². The van der Waals surface area contributed by atoms with Crippen molar-refractivity contribution in [1.82, 2.24) is 14.3 Å². The van der Waals surface area contributed by atoms with Gasteiger partial charge in [-0.2, -0.15) is 4.31 Å². The average Bonchev–Trinajstić information content (AvgIpc) is 3.56. The maximum absolute atomic E-state index is 14.0. The predicted octanol–water partition coefficient (Wildman–Crippen LogP) is 4.74. The molecule has 0 radical (unpaired) electrons. The fourth-order valence-electron chi connectivity index (χ4n) is 4.25. The summed E-state index contributed by atoms with van der Waals surface area (Å²) in [5.74, 6) is 0.212. The Kier molecular flexibility index (Phi) is 6.94. The molecule has 0 spiro atoms. The van der Waals surface area contributed by atoms with Crippen LogP contribution in [0.1, 0.15) is 18.5 Å². The van der Waals surface area contributed by atoms with Crippen LogP contribution in [-0.4, -0.2) is 48.3 Å². The minimum atomic E-state index is -3.90. The summed E-state index contributed by atoms with van der Waals surface area (Å²) in [7, 11) is -2.38. The zero-order valence-electron chi connectivity index (χ0n) is 19.4. The standard InChI is InChI=1S/C25H23ClN4O4S2/c1-34-18-10-12-19(13-11-18)36(32,33)30-15-5-8-21(30)24(31)29(16-17-6-2-3-14-27-17)25-28-23-20(26)7-4-9-22(23)35-25/h2-4,6-7,9-14,21H,5,8,15-16H2,1H3. The van der Waals surface area contributed by atoms with Crippen molar-refractivity contribution >= 4 is 54.2 Å². The molecule has 2 aromatic heterocycles. The summed E-state index contributed by atoms with van der Waals surface area (Å²) in [6.45, 7) is 0.415. The number of carbonyl (C=O) groups is 1. The van der Waals surface area contributed by atoms with Crippen LogP contribution in [0.5, 0.6) is 5.75 Å². The number of aromatic nitrogens is 2.